The van der Waals surface area contributed by atoms with Crippen molar-refractivity contribution in [2.24, 2.45) is 5.92 Å². The maximum atomic E-state index is 6.45. The van der Waals surface area contributed by atoms with Gasteiger partial charge in [0, 0.05) is 13.1 Å². The van der Waals surface area contributed by atoms with E-state index < -0.39 is 0 Å². The molecule has 2 rings (SSSR count). The summed E-state index contributed by atoms with van der Waals surface area (Å²) in [5.41, 5.74) is 0.303. The first kappa shape index (κ1) is 10.4. The van der Waals surface area contributed by atoms with Crippen LogP contribution >= 0.6 is 0 Å². The van der Waals surface area contributed by atoms with E-state index in [1.807, 2.05) is 0 Å². The molecule has 14 heavy (non-hydrogen) atoms. The normalized spacial score (nSPS) is 40.9. The van der Waals surface area contributed by atoms with Crippen molar-refractivity contribution in [3.8, 4) is 0 Å². The van der Waals surface area contributed by atoms with Crippen molar-refractivity contribution in [1.29, 1.82) is 0 Å². The highest BCUT2D eigenvalue weighted by molar-refractivity contribution is 5.03. The van der Waals surface area contributed by atoms with Crippen molar-refractivity contribution in [2.75, 3.05) is 13.1 Å². The molecule has 0 radical (unpaired) electrons. The average Bonchev–Trinajstić information content (AvgIpc) is 2.27. The molecular formula is C12H23NO. The summed E-state index contributed by atoms with van der Waals surface area (Å²) in [7, 11) is 0. The predicted molar refractivity (Wildman–Crippen MR) is 58.4 cm³/mol. The number of ether oxygens (including phenoxy) is 1. The molecule has 2 fully saturated rings. The van der Waals surface area contributed by atoms with E-state index in [9.17, 15) is 0 Å². The first-order chi connectivity index (χ1) is 6.66. The number of rotatable bonds is 2. The van der Waals surface area contributed by atoms with Gasteiger partial charge in [-0.2, -0.15) is 0 Å². The summed E-state index contributed by atoms with van der Waals surface area (Å²) in [6.45, 7) is 8.91. The van der Waals surface area contributed by atoms with Crippen LogP contribution in [0.2, 0.25) is 0 Å². The van der Waals surface area contributed by atoms with Crippen molar-refractivity contribution in [3.05, 3.63) is 0 Å². The summed E-state index contributed by atoms with van der Waals surface area (Å²) in [6.07, 6.45) is 4.85. The van der Waals surface area contributed by atoms with Crippen LogP contribution in [0.5, 0.6) is 0 Å². The Morgan fingerprint density at radius 3 is 2.43 bits per heavy atom. The Morgan fingerprint density at radius 1 is 1.29 bits per heavy atom. The minimum atomic E-state index is 0.118. The number of morpholine rings is 1. The Balaban J connectivity index is 2.10. The molecule has 0 aromatic carbocycles. The van der Waals surface area contributed by atoms with Crippen molar-refractivity contribution in [3.63, 3.8) is 0 Å². The van der Waals surface area contributed by atoms with Crippen LogP contribution in [-0.2, 0) is 4.74 Å². The van der Waals surface area contributed by atoms with E-state index in [0.29, 0.717) is 0 Å². The SMILES string of the molecule is CCC1(CC)CNCC2(CCC2C)O1. The Hall–Kier alpha value is -0.0800. The second kappa shape index (κ2) is 3.49. The van der Waals surface area contributed by atoms with Crippen LogP contribution in [0, 0.1) is 5.92 Å². The minimum absolute atomic E-state index is 0.118. The molecule has 2 heteroatoms. The third-order valence-electron chi connectivity index (χ3n) is 4.48. The van der Waals surface area contributed by atoms with E-state index in [0.717, 1.165) is 31.8 Å². The summed E-state index contributed by atoms with van der Waals surface area (Å²) in [5.74, 6) is 0.743. The lowest BCUT2D eigenvalue weighted by molar-refractivity contribution is -0.237. The molecule has 1 N–H and O–H groups in total. The third-order valence-corrected chi connectivity index (χ3v) is 4.48. The largest absolute Gasteiger partial charge is 0.366 e. The van der Waals surface area contributed by atoms with Crippen molar-refractivity contribution in [2.45, 2.75) is 57.7 Å². The molecule has 1 saturated heterocycles. The van der Waals surface area contributed by atoms with Gasteiger partial charge in [0.2, 0.25) is 0 Å². The zero-order valence-electron chi connectivity index (χ0n) is 9.73. The molecule has 82 valence electrons. The summed E-state index contributed by atoms with van der Waals surface area (Å²) in [4.78, 5) is 0. The predicted octanol–water partition coefficient (Wildman–Crippen LogP) is 2.33. The van der Waals surface area contributed by atoms with Crippen LogP contribution in [0.1, 0.15) is 46.5 Å². The van der Waals surface area contributed by atoms with E-state index in [2.05, 4.69) is 26.1 Å². The fourth-order valence-corrected chi connectivity index (χ4v) is 2.82. The monoisotopic (exact) mass is 197 g/mol. The van der Waals surface area contributed by atoms with Gasteiger partial charge in [-0.05, 0) is 31.6 Å². The Morgan fingerprint density at radius 2 is 2.00 bits per heavy atom. The first-order valence-corrected chi connectivity index (χ1v) is 6.07. The van der Waals surface area contributed by atoms with Crippen molar-refractivity contribution in [1.82, 2.24) is 5.32 Å². The van der Waals surface area contributed by atoms with Gasteiger partial charge in [0.25, 0.3) is 0 Å². The minimum Gasteiger partial charge on any atom is -0.366 e. The van der Waals surface area contributed by atoms with E-state index in [1.165, 1.54) is 12.8 Å². The van der Waals surface area contributed by atoms with Gasteiger partial charge in [-0.1, -0.05) is 20.8 Å². The quantitative estimate of drug-likeness (QED) is 0.733. The highest BCUT2D eigenvalue weighted by Gasteiger charge is 2.51. The van der Waals surface area contributed by atoms with E-state index in [-0.39, 0.29) is 11.2 Å². The van der Waals surface area contributed by atoms with Gasteiger partial charge in [0.05, 0.1) is 11.2 Å². The fraction of sp³-hybridized carbons (Fsp3) is 1.00. The van der Waals surface area contributed by atoms with Gasteiger partial charge in [-0.3, -0.25) is 0 Å². The van der Waals surface area contributed by atoms with E-state index in [4.69, 9.17) is 4.74 Å². The van der Waals surface area contributed by atoms with Crippen LogP contribution in [0.15, 0.2) is 0 Å². The third kappa shape index (κ3) is 1.40. The molecule has 2 atom stereocenters. The summed E-state index contributed by atoms with van der Waals surface area (Å²) in [5, 5.41) is 3.58. The summed E-state index contributed by atoms with van der Waals surface area (Å²) in [6, 6.07) is 0. The Labute approximate surface area is 87.4 Å². The van der Waals surface area contributed by atoms with E-state index >= 15 is 0 Å². The average molecular weight is 197 g/mol. The molecule has 1 aliphatic heterocycles. The summed E-state index contributed by atoms with van der Waals surface area (Å²) >= 11 is 0. The molecule has 0 bridgehead atoms. The maximum absolute atomic E-state index is 6.45. The summed E-state index contributed by atoms with van der Waals surface area (Å²) < 4.78 is 6.45. The molecule has 1 spiro atoms. The van der Waals surface area contributed by atoms with Crippen molar-refractivity contribution >= 4 is 0 Å². The van der Waals surface area contributed by atoms with Gasteiger partial charge in [0.15, 0.2) is 0 Å². The van der Waals surface area contributed by atoms with Crippen LogP contribution in [0.25, 0.3) is 0 Å². The van der Waals surface area contributed by atoms with Crippen LogP contribution in [0.4, 0.5) is 0 Å². The van der Waals surface area contributed by atoms with Gasteiger partial charge in [-0.15, -0.1) is 0 Å². The second-order valence-corrected chi connectivity index (χ2v) is 5.10. The van der Waals surface area contributed by atoms with E-state index in [1.54, 1.807) is 0 Å². The van der Waals surface area contributed by atoms with Gasteiger partial charge in [0.1, 0.15) is 0 Å². The van der Waals surface area contributed by atoms with Crippen LogP contribution in [0.3, 0.4) is 0 Å². The van der Waals surface area contributed by atoms with Gasteiger partial charge >= 0.3 is 0 Å². The second-order valence-electron chi connectivity index (χ2n) is 5.10. The molecule has 0 aromatic heterocycles. The lowest BCUT2D eigenvalue weighted by Crippen LogP contribution is -2.66. The maximum Gasteiger partial charge on any atom is 0.0839 e. The van der Waals surface area contributed by atoms with Crippen LogP contribution < -0.4 is 5.32 Å². The zero-order valence-corrected chi connectivity index (χ0v) is 9.73. The Bertz CT molecular complexity index is 203. The van der Waals surface area contributed by atoms with Gasteiger partial charge in [-0.25, -0.2) is 0 Å². The number of hydrogen-bond donors (Lipinski definition) is 1. The lowest BCUT2D eigenvalue weighted by atomic mass is 9.68. The number of hydrogen-bond acceptors (Lipinski definition) is 2. The number of nitrogens with one attached hydrogen (secondary N) is 1. The standard InChI is InChI=1S/C12H23NO/c1-4-11(5-2)8-13-9-12(14-11)7-6-10(12)3/h10,13H,4-9H2,1-3H3. The molecule has 2 aliphatic rings. The molecule has 1 aliphatic carbocycles. The highest BCUT2D eigenvalue weighted by Crippen LogP contribution is 2.46. The van der Waals surface area contributed by atoms with Crippen molar-refractivity contribution < 1.29 is 4.74 Å². The highest BCUT2D eigenvalue weighted by atomic mass is 16.5. The molecular weight excluding hydrogens is 174 g/mol. The first-order valence-electron chi connectivity index (χ1n) is 6.07. The topological polar surface area (TPSA) is 21.3 Å². The zero-order chi connectivity index (χ0) is 10.2. The molecule has 0 aromatic rings. The van der Waals surface area contributed by atoms with Gasteiger partial charge < -0.3 is 10.1 Å². The molecule has 2 unspecified atom stereocenters. The lowest BCUT2D eigenvalue weighted by Gasteiger charge is -2.56. The van der Waals surface area contributed by atoms with Crippen LogP contribution in [-0.4, -0.2) is 24.3 Å². The fourth-order valence-electron chi connectivity index (χ4n) is 2.82. The molecule has 0 amide bonds. The smallest absolute Gasteiger partial charge is 0.0839 e. The molecule has 1 heterocycles. The molecule has 2 nitrogen and oxygen atoms in total. The molecule has 1 saturated carbocycles. The Kier molecular flexibility index (Phi) is 2.61.